The van der Waals surface area contributed by atoms with E-state index in [0.717, 1.165) is 0 Å². The van der Waals surface area contributed by atoms with Crippen molar-refractivity contribution in [3.8, 4) is 0 Å². The zero-order valence-corrected chi connectivity index (χ0v) is 11.7. The number of nitrogens with zero attached hydrogens (tertiary/aromatic N) is 2. The second kappa shape index (κ2) is 6.11. The Balaban J connectivity index is 2.03. The van der Waals surface area contributed by atoms with Crippen LogP contribution in [0, 0.1) is 0 Å². The van der Waals surface area contributed by atoms with Gasteiger partial charge < -0.3 is 5.73 Å². The first-order valence-corrected chi connectivity index (χ1v) is 6.30. The van der Waals surface area contributed by atoms with Crippen molar-refractivity contribution in [1.29, 1.82) is 0 Å². The Morgan fingerprint density at radius 1 is 1.05 bits per heavy atom. The molecule has 0 atom stereocenters. The summed E-state index contributed by atoms with van der Waals surface area (Å²) in [6, 6.07) is 6.82. The average molecular weight is 336 g/mol. The summed E-state index contributed by atoms with van der Waals surface area (Å²) >= 11 is 3.24. The number of anilines is 1. The van der Waals surface area contributed by atoms with E-state index in [-0.39, 0.29) is 11.5 Å². The largest absolute Gasteiger partial charge is 0.382 e. The molecule has 2 rings (SSSR count). The SMILES string of the molecule is Nc1nccnc1C(=O)NNC(=O)c1ccccc1Br. The number of halogens is 1. The van der Waals surface area contributed by atoms with Gasteiger partial charge in [-0.2, -0.15) is 0 Å². The summed E-state index contributed by atoms with van der Waals surface area (Å²) in [5.41, 5.74) is 10.3. The number of hydrogen-bond acceptors (Lipinski definition) is 5. The van der Waals surface area contributed by atoms with Crippen molar-refractivity contribution in [2.24, 2.45) is 0 Å². The van der Waals surface area contributed by atoms with Crippen LogP contribution in [-0.4, -0.2) is 21.8 Å². The monoisotopic (exact) mass is 335 g/mol. The van der Waals surface area contributed by atoms with Crippen LogP contribution in [0.2, 0.25) is 0 Å². The van der Waals surface area contributed by atoms with Crippen LogP contribution in [0.15, 0.2) is 41.1 Å². The van der Waals surface area contributed by atoms with Crippen molar-refractivity contribution >= 4 is 33.6 Å². The van der Waals surface area contributed by atoms with E-state index in [0.29, 0.717) is 10.0 Å². The highest BCUT2D eigenvalue weighted by atomic mass is 79.9. The van der Waals surface area contributed by atoms with Crippen molar-refractivity contribution in [1.82, 2.24) is 20.8 Å². The Kier molecular flexibility index (Phi) is 4.26. The van der Waals surface area contributed by atoms with Crippen LogP contribution >= 0.6 is 15.9 Å². The molecule has 7 nitrogen and oxygen atoms in total. The summed E-state index contributed by atoms with van der Waals surface area (Å²) in [4.78, 5) is 31.1. The fourth-order valence-electron chi connectivity index (χ4n) is 1.41. The predicted molar refractivity (Wildman–Crippen MR) is 75.5 cm³/mol. The van der Waals surface area contributed by atoms with Crippen molar-refractivity contribution in [2.75, 3.05) is 5.73 Å². The van der Waals surface area contributed by atoms with Gasteiger partial charge in [0.05, 0.1) is 5.56 Å². The van der Waals surface area contributed by atoms with E-state index >= 15 is 0 Å². The van der Waals surface area contributed by atoms with Gasteiger partial charge in [-0.25, -0.2) is 9.97 Å². The van der Waals surface area contributed by atoms with Crippen LogP contribution in [0.5, 0.6) is 0 Å². The van der Waals surface area contributed by atoms with Crippen molar-refractivity contribution in [3.63, 3.8) is 0 Å². The van der Waals surface area contributed by atoms with Gasteiger partial charge in [0.25, 0.3) is 11.8 Å². The molecule has 0 aliphatic rings. The quantitative estimate of drug-likeness (QED) is 0.706. The Hall–Kier alpha value is -2.48. The number of carbonyl (C=O) groups excluding carboxylic acids is 2. The van der Waals surface area contributed by atoms with Crippen molar-refractivity contribution in [2.45, 2.75) is 0 Å². The van der Waals surface area contributed by atoms with Crippen LogP contribution in [-0.2, 0) is 0 Å². The highest BCUT2D eigenvalue weighted by Gasteiger charge is 2.14. The lowest BCUT2D eigenvalue weighted by Gasteiger charge is -2.08. The molecule has 102 valence electrons. The molecule has 0 saturated carbocycles. The first-order valence-electron chi connectivity index (χ1n) is 5.51. The molecule has 0 bridgehead atoms. The van der Waals surface area contributed by atoms with E-state index in [1.54, 1.807) is 24.3 Å². The number of nitrogens with two attached hydrogens (primary N) is 1. The average Bonchev–Trinajstić information content (AvgIpc) is 2.45. The van der Waals surface area contributed by atoms with Gasteiger partial charge in [0, 0.05) is 16.9 Å². The number of benzene rings is 1. The van der Waals surface area contributed by atoms with Gasteiger partial charge in [0.2, 0.25) is 0 Å². The van der Waals surface area contributed by atoms with Gasteiger partial charge in [-0.3, -0.25) is 20.4 Å². The van der Waals surface area contributed by atoms with Gasteiger partial charge in [-0.05, 0) is 28.1 Å². The van der Waals surface area contributed by atoms with Crippen molar-refractivity contribution < 1.29 is 9.59 Å². The molecule has 0 radical (unpaired) electrons. The number of rotatable bonds is 2. The zero-order valence-electron chi connectivity index (χ0n) is 10.1. The van der Waals surface area contributed by atoms with E-state index in [2.05, 4.69) is 36.7 Å². The van der Waals surface area contributed by atoms with E-state index in [1.807, 2.05) is 0 Å². The van der Waals surface area contributed by atoms with E-state index in [9.17, 15) is 9.59 Å². The van der Waals surface area contributed by atoms with Crippen LogP contribution in [0.25, 0.3) is 0 Å². The van der Waals surface area contributed by atoms with Crippen LogP contribution in [0.1, 0.15) is 20.8 Å². The minimum Gasteiger partial charge on any atom is -0.382 e. The number of hydrogen-bond donors (Lipinski definition) is 3. The third-order valence-corrected chi connectivity index (χ3v) is 3.04. The van der Waals surface area contributed by atoms with Gasteiger partial charge in [0.15, 0.2) is 11.5 Å². The summed E-state index contributed by atoms with van der Waals surface area (Å²) < 4.78 is 0.616. The molecule has 20 heavy (non-hydrogen) atoms. The summed E-state index contributed by atoms with van der Waals surface area (Å²) in [6.45, 7) is 0. The molecule has 8 heteroatoms. The highest BCUT2D eigenvalue weighted by Crippen LogP contribution is 2.15. The van der Waals surface area contributed by atoms with Crippen LogP contribution in [0.3, 0.4) is 0 Å². The van der Waals surface area contributed by atoms with Gasteiger partial charge in [-0.15, -0.1) is 0 Å². The molecule has 1 heterocycles. The number of aromatic nitrogens is 2. The Bertz CT molecular complexity index is 604. The highest BCUT2D eigenvalue weighted by molar-refractivity contribution is 9.10. The maximum atomic E-state index is 11.9. The first kappa shape index (κ1) is 13.9. The molecule has 2 amide bonds. The predicted octanol–water partition coefficient (Wildman–Crippen LogP) is 0.896. The third kappa shape index (κ3) is 3.09. The summed E-state index contributed by atoms with van der Waals surface area (Å²) in [5, 5.41) is 0. The van der Waals surface area contributed by atoms with E-state index < -0.39 is 11.8 Å². The van der Waals surface area contributed by atoms with Gasteiger partial charge in [-0.1, -0.05) is 12.1 Å². The van der Waals surface area contributed by atoms with Crippen LogP contribution < -0.4 is 16.6 Å². The smallest absolute Gasteiger partial charge is 0.292 e. The van der Waals surface area contributed by atoms with Crippen LogP contribution in [0.4, 0.5) is 5.82 Å². The molecule has 1 aromatic carbocycles. The summed E-state index contributed by atoms with van der Waals surface area (Å²) in [7, 11) is 0. The lowest BCUT2D eigenvalue weighted by Crippen LogP contribution is -2.42. The molecule has 4 N–H and O–H groups in total. The number of hydrazine groups is 1. The third-order valence-electron chi connectivity index (χ3n) is 2.35. The Morgan fingerprint density at radius 3 is 2.40 bits per heavy atom. The number of amides is 2. The molecule has 2 aromatic rings. The fraction of sp³-hybridized carbons (Fsp3) is 0. The molecule has 0 aliphatic carbocycles. The molecule has 0 aliphatic heterocycles. The maximum Gasteiger partial charge on any atom is 0.292 e. The van der Waals surface area contributed by atoms with E-state index in [4.69, 9.17) is 5.73 Å². The molecular formula is C12H10BrN5O2. The Labute approximate surface area is 122 Å². The minimum absolute atomic E-state index is 0.0138. The second-order valence-electron chi connectivity index (χ2n) is 3.68. The molecule has 0 spiro atoms. The normalized spacial score (nSPS) is 9.85. The number of carbonyl (C=O) groups is 2. The zero-order chi connectivity index (χ0) is 14.5. The number of nitrogen functional groups attached to an aromatic ring is 1. The minimum atomic E-state index is -0.643. The molecule has 0 unspecified atom stereocenters. The molecule has 0 fully saturated rings. The lowest BCUT2D eigenvalue weighted by atomic mass is 10.2. The Morgan fingerprint density at radius 2 is 1.70 bits per heavy atom. The van der Waals surface area contributed by atoms with E-state index in [1.165, 1.54) is 12.4 Å². The van der Waals surface area contributed by atoms with Crippen molar-refractivity contribution in [3.05, 3.63) is 52.4 Å². The fourth-order valence-corrected chi connectivity index (χ4v) is 1.87. The maximum absolute atomic E-state index is 11.9. The van der Waals surface area contributed by atoms with Gasteiger partial charge >= 0.3 is 0 Å². The van der Waals surface area contributed by atoms with Gasteiger partial charge in [0.1, 0.15) is 0 Å². The standard InChI is InChI=1S/C12H10BrN5O2/c13-8-4-2-1-3-7(8)11(19)17-18-12(20)9-10(14)16-6-5-15-9/h1-6H,(H2,14,16)(H,17,19)(H,18,20). The summed E-state index contributed by atoms with van der Waals surface area (Å²) in [6.07, 6.45) is 2.70. The first-order chi connectivity index (χ1) is 9.59. The molecule has 0 saturated heterocycles. The second-order valence-corrected chi connectivity index (χ2v) is 4.53. The molecule has 1 aromatic heterocycles. The lowest BCUT2D eigenvalue weighted by molar-refractivity contribution is 0.0844. The summed E-state index contributed by atoms with van der Waals surface area (Å²) in [5.74, 6) is -1.12. The number of nitrogens with one attached hydrogen (secondary N) is 2. The molecular weight excluding hydrogens is 326 g/mol. The topological polar surface area (TPSA) is 110 Å².